The highest BCUT2D eigenvalue weighted by Crippen LogP contribution is 2.67. The molecule has 4 heteroatoms. The first-order chi connectivity index (χ1) is 14.5. The second-order valence-corrected chi connectivity index (χ2v) is 11.6. The summed E-state index contributed by atoms with van der Waals surface area (Å²) < 4.78 is 7.46. The van der Waals surface area contributed by atoms with Crippen LogP contribution in [-0.2, 0) is 16.1 Å². The van der Waals surface area contributed by atoms with Crippen LogP contribution >= 0.6 is 0 Å². The minimum absolute atomic E-state index is 0.218. The Morgan fingerprint density at radius 1 is 1.07 bits per heavy atom. The summed E-state index contributed by atoms with van der Waals surface area (Å²) in [6.07, 6.45) is 17.4. The topological polar surface area (TPSA) is 44.1 Å². The van der Waals surface area contributed by atoms with Gasteiger partial charge in [0.25, 0.3) is 0 Å². The number of carbonyl (C=O) groups is 1. The summed E-state index contributed by atoms with van der Waals surface area (Å²) in [6.45, 7) is 6.56. The fourth-order valence-corrected chi connectivity index (χ4v) is 8.93. The number of hydrogen-bond donors (Lipinski definition) is 0. The summed E-state index contributed by atoms with van der Waals surface area (Å²) in [5, 5.41) is 0. The van der Waals surface area contributed by atoms with E-state index in [4.69, 9.17) is 4.74 Å². The average molecular weight is 413 g/mol. The Balaban J connectivity index is 1.32. The van der Waals surface area contributed by atoms with Crippen LogP contribution in [0.4, 0.5) is 0 Å². The van der Waals surface area contributed by atoms with Gasteiger partial charge in [-0.1, -0.05) is 13.8 Å². The molecule has 0 radical (unpaired) electrons. The molecule has 0 amide bonds. The highest BCUT2D eigenvalue weighted by atomic mass is 16.5. The average Bonchev–Trinajstić information content (AvgIpc) is 3.35. The molecule has 166 valence electrons. The maximum atomic E-state index is 13.3. The van der Waals surface area contributed by atoms with E-state index in [-0.39, 0.29) is 11.3 Å². The fraction of sp³-hybridized carbons (Fsp3) is 0.846. The third kappa shape index (κ3) is 3.20. The first kappa shape index (κ1) is 20.7. The summed E-state index contributed by atoms with van der Waals surface area (Å²) in [7, 11) is 1.86. The molecule has 0 aromatic carbocycles. The van der Waals surface area contributed by atoms with Gasteiger partial charge in [-0.05, 0) is 98.2 Å². The van der Waals surface area contributed by atoms with Gasteiger partial charge in [0, 0.05) is 32.0 Å². The van der Waals surface area contributed by atoms with Crippen molar-refractivity contribution in [1.82, 2.24) is 9.55 Å². The zero-order valence-corrected chi connectivity index (χ0v) is 19.2. The molecule has 1 aromatic rings. The zero-order chi connectivity index (χ0) is 20.9. The van der Waals surface area contributed by atoms with Gasteiger partial charge in [-0.2, -0.15) is 0 Å². The van der Waals surface area contributed by atoms with E-state index in [2.05, 4.69) is 18.8 Å². The van der Waals surface area contributed by atoms with Crippen molar-refractivity contribution >= 4 is 5.78 Å². The van der Waals surface area contributed by atoms with E-state index in [0.29, 0.717) is 17.7 Å². The van der Waals surface area contributed by atoms with Crippen molar-refractivity contribution in [2.45, 2.75) is 78.2 Å². The number of rotatable bonds is 5. The Labute approximate surface area is 182 Å². The lowest BCUT2D eigenvalue weighted by Crippen LogP contribution is -2.54. The Morgan fingerprint density at radius 3 is 2.63 bits per heavy atom. The van der Waals surface area contributed by atoms with E-state index in [0.717, 1.165) is 42.6 Å². The summed E-state index contributed by atoms with van der Waals surface area (Å²) >= 11 is 0. The fourth-order valence-electron chi connectivity index (χ4n) is 8.93. The van der Waals surface area contributed by atoms with Gasteiger partial charge in [0.15, 0.2) is 5.78 Å². The Hall–Kier alpha value is -1.16. The van der Waals surface area contributed by atoms with Crippen molar-refractivity contribution in [3.63, 3.8) is 0 Å². The van der Waals surface area contributed by atoms with E-state index in [1.165, 1.54) is 51.4 Å². The zero-order valence-electron chi connectivity index (χ0n) is 19.2. The number of methoxy groups -OCH3 is 1. The molecule has 4 fully saturated rings. The number of Topliss-reactive ketones (excluding diaryl/α,β-unsaturated/α-hetero) is 1. The van der Waals surface area contributed by atoms with E-state index in [1.807, 2.05) is 17.9 Å². The number of carbonyl (C=O) groups excluding carboxylic acids is 1. The minimum Gasteiger partial charge on any atom is -0.384 e. The normalized spacial score (nSPS) is 45.4. The molecule has 0 unspecified atom stereocenters. The largest absolute Gasteiger partial charge is 0.384 e. The number of nitrogens with zero attached hydrogens (tertiary/aromatic N) is 2. The number of imidazole rings is 1. The number of aromatic nitrogens is 2. The second-order valence-electron chi connectivity index (χ2n) is 11.6. The molecule has 0 N–H and O–H groups in total. The summed E-state index contributed by atoms with van der Waals surface area (Å²) in [6, 6.07) is 0. The molecule has 0 aliphatic heterocycles. The predicted molar refractivity (Wildman–Crippen MR) is 118 cm³/mol. The van der Waals surface area contributed by atoms with Crippen LogP contribution in [0.3, 0.4) is 0 Å². The van der Waals surface area contributed by atoms with Gasteiger partial charge in [0.1, 0.15) is 0 Å². The van der Waals surface area contributed by atoms with E-state index < -0.39 is 0 Å². The Bertz CT molecular complexity index is 761. The number of fused-ring (bicyclic) bond motifs is 5. The molecular formula is C26H40N2O2. The molecule has 4 saturated carbocycles. The smallest absolute Gasteiger partial charge is 0.156 e. The third-order valence-corrected chi connectivity index (χ3v) is 10.5. The highest BCUT2D eigenvalue weighted by molar-refractivity contribution is 5.82. The summed E-state index contributed by atoms with van der Waals surface area (Å²) in [5.41, 5.74) is 0.739. The molecule has 0 spiro atoms. The molecule has 30 heavy (non-hydrogen) atoms. The maximum absolute atomic E-state index is 13.3. The predicted octanol–water partition coefficient (Wildman–Crippen LogP) is 5.37. The van der Waals surface area contributed by atoms with Crippen molar-refractivity contribution in [3.05, 3.63) is 18.7 Å². The van der Waals surface area contributed by atoms with Crippen LogP contribution in [0.1, 0.15) is 71.6 Å². The summed E-state index contributed by atoms with van der Waals surface area (Å²) in [5.74, 6) is 4.82. The molecule has 4 nitrogen and oxygen atoms in total. The third-order valence-electron chi connectivity index (χ3n) is 10.5. The van der Waals surface area contributed by atoms with Crippen LogP contribution in [-0.4, -0.2) is 29.1 Å². The summed E-state index contributed by atoms with van der Waals surface area (Å²) in [4.78, 5) is 17.4. The molecule has 1 aromatic heterocycles. The van der Waals surface area contributed by atoms with E-state index >= 15 is 0 Å². The lowest BCUT2D eigenvalue weighted by atomic mass is 9.44. The van der Waals surface area contributed by atoms with Gasteiger partial charge in [-0.15, -0.1) is 0 Å². The number of ether oxygens (including phenoxy) is 1. The Kier molecular flexibility index (Phi) is 5.36. The van der Waals surface area contributed by atoms with Crippen LogP contribution in [0.2, 0.25) is 0 Å². The van der Waals surface area contributed by atoms with Gasteiger partial charge < -0.3 is 9.30 Å². The van der Waals surface area contributed by atoms with Crippen molar-refractivity contribution in [3.8, 4) is 0 Å². The SMILES string of the molecule is COC[C@H]1CC[C@@]2(C)[C@H](CC[C@@H]3[C@@H]2CC[C@]2(C)[C@@H](C(=O)Cn4ccnc4)CC[C@@H]32)C1. The first-order valence-corrected chi connectivity index (χ1v) is 12.4. The number of ketones is 1. The van der Waals surface area contributed by atoms with Crippen molar-refractivity contribution in [2.24, 2.45) is 46.3 Å². The molecular weight excluding hydrogens is 372 g/mol. The molecule has 0 bridgehead atoms. The van der Waals surface area contributed by atoms with Crippen LogP contribution in [0.25, 0.3) is 0 Å². The minimum atomic E-state index is 0.218. The van der Waals surface area contributed by atoms with Gasteiger partial charge >= 0.3 is 0 Å². The molecule has 4 aliphatic carbocycles. The van der Waals surface area contributed by atoms with Crippen molar-refractivity contribution in [1.29, 1.82) is 0 Å². The molecule has 0 saturated heterocycles. The van der Waals surface area contributed by atoms with Crippen molar-refractivity contribution in [2.75, 3.05) is 13.7 Å². The van der Waals surface area contributed by atoms with Crippen LogP contribution in [0.5, 0.6) is 0 Å². The van der Waals surface area contributed by atoms with Crippen LogP contribution in [0.15, 0.2) is 18.7 Å². The van der Waals surface area contributed by atoms with Gasteiger partial charge in [-0.3, -0.25) is 4.79 Å². The maximum Gasteiger partial charge on any atom is 0.156 e. The van der Waals surface area contributed by atoms with Crippen LogP contribution in [0, 0.1) is 46.3 Å². The Morgan fingerprint density at radius 2 is 1.87 bits per heavy atom. The van der Waals surface area contributed by atoms with Crippen LogP contribution < -0.4 is 0 Å². The monoisotopic (exact) mass is 412 g/mol. The first-order valence-electron chi connectivity index (χ1n) is 12.4. The lowest BCUT2D eigenvalue weighted by molar-refractivity contribution is -0.138. The van der Waals surface area contributed by atoms with E-state index in [9.17, 15) is 4.79 Å². The molecule has 8 atom stereocenters. The number of hydrogen-bond acceptors (Lipinski definition) is 3. The highest BCUT2D eigenvalue weighted by Gasteiger charge is 2.61. The van der Waals surface area contributed by atoms with Gasteiger partial charge in [-0.25, -0.2) is 4.98 Å². The second kappa shape index (κ2) is 7.76. The molecule has 4 aliphatic rings. The standard InChI is InChI=1S/C26H40N2O2/c1-25-10-8-18(16-30-3)14-19(25)4-5-20-21-6-7-23(26(21,2)11-9-22(20)25)24(29)15-28-13-12-27-17-28/h12-13,17-23H,4-11,14-16H2,1-3H3/t18-,19+,20-,21-,22-,23+,25-,26-/m0/s1. The quantitative estimate of drug-likeness (QED) is 0.653. The lowest BCUT2D eigenvalue weighted by Gasteiger charge is -2.61. The molecule has 1 heterocycles. The molecule has 5 rings (SSSR count). The van der Waals surface area contributed by atoms with Gasteiger partial charge in [0.2, 0.25) is 0 Å². The van der Waals surface area contributed by atoms with Gasteiger partial charge in [0.05, 0.1) is 12.9 Å². The van der Waals surface area contributed by atoms with E-state index in [1.54, 1.807) is 12.5 Å². The van der Waals surface area contributed by atoms with Crippen molar-refractivity contribution < 1.29 is 9.53 Å².